The van der Waals surface area contributed by atoms with Crippen molar-refractivity contribution in [3.63, 3.8) is 0 Å². The van der Waals surface area contributed by atoms with Gasteiger partial charge >= 0.3 is 0 Å². The Morgan fingerprint density at radius 2 is 1.94 bits per heavy atom. The second-order valence-corrected chi connectivity index (χ2v) is 5.00. The van der Waals surface area contributed by atoms with Crippen LogP contribution in [0.3, 0.4) is 0 Å². The van der Waals surface area contributed by atoms with Crippen LogP contribution in [-0.4, -0.2) is 25.3 Å². The number of nitrogens with zero attached hydrogens (tertiary/aromatic N) is 1. The predicted molar refractivity (Wildman–Crippen MR) is 76.4 cm³/mol. The predicted octanol–water partition coefficient (Wildman–Crippen LogP) is 3.23. The van der Waals surface area contributed by atoms with E-state index < -0.39 is 6.10 Å². The second kappa shape index (κ2) is 6.64. The molecule has 0 fully saturated rings. The van der Waals surface area contributed by atoms with Crippen LogP contribution in [0.15, 0.2) is 18.2 Å². The molecule has 0 aliphatic carbocycles. The molecule has 0 spiro atoms. The van der Waals surface area contributed by atoms with E-state index in [1.165, 1.54) is 0 Å². The van der Waals surface area contributed by atoms with E-state index in [2.05, 4.69) is 31.7 Å². The highest BCUT2D eigenvalue weighted by Gasteiger charge is 2.18. The molecule has 0 radical (unpaired) electrons. The summed E-state index contributed by atoms with van der Waals surface area (Å²) in [4.78, 5) is 2.29. The number of anilines is 1. The van der Waals surface area contributed by atoms with E-state index in [4.69, 9.17) is 4.74 Å². The Labute approximate surface area is 110 Å². The Hall–Kier alpha value is -1.22. The lowest BCUT2D eigenvalue weighted by Crippen LogP contribution is -2.28. The molecule has 3 nitrogen and oxygen atoms in total. The summed E-state index contributed by atoms with van der Waals surface area (Å²) in [6.07, 6.45) is -0.530. The summed E-state index contributed by atoms with van der Waals surface area (Å²) in [5, 5.41) is 9.99. The molecule has 1 aromatic carbocycles. The Morgan fingerprint density at radius 3 is 2.39 bits per heavy atom. The van der Waals surface area contributed by atoms with Gasteiger partial charge in [-0.25, -0.2) is 0 Å². The average Bonchev–Trinajstić information content (AvgIpc) is 2.34. The quantitative estimate of drug-likeness (QED) is 0.842. The van der Waals surface area contributed by atoms with Gasteiger partial charge in [0.05, 0.1) is 13.2 Å². The van der Waals surface area contributed by atoms with Crippen LogP contribution in [0.4, 0.5) is 5.69 Å². The van der Waals surface area contributed by atoms with Gasteiger partial charge in [-0.3, -0.25) is 0 Å². The van der Waals surface area contributed by atoms with Gasteiger partial charge in [0.2, 0.25) is 0 Å². The fourth-order valence-corrected chi connectivity index (χ4v) is 2.24. The Balaban J connectivity index is 3.20. The van der Waals surface area contributed by atoms with Crippen molar-refractivity contribution in [3.05, 3.63) is 23.8 Å². The molecule has 18 heavy (non-hydrogen) atoms. The molecule has 1 rings (SSSR count). The highest BCUT2D eigenvalue weighted by atomic mass is 16.5. The zero-order valence-corrected chi connectivity index (χ0v) is 12.1. The maximum absolute atomic E-state index is 9.99. The molecule has 0 heterocycles. The largest absolute Gasteiger partial charge is 0.496 e. The lowest BCUT2D eigenvalue weighted by molar-refractivity contribution is 0.194. The van der Waals surface area contributed by atoms with E-state index in [0.29, 0.717) is 5.92 Å². The number of aliphatic hydroxyl groups is 1. The zero-order chi connectivity index (χ0) is 13.7. The van der Waals surface area contributed by atoms with Crippen LogP contribution >= 0.6 is 0 Å². The van der Waals surface area contributed by atoms with E-state index in [9.17, 15) is 5.11 Å². The Kier molecular flexibility index (Phi) is 5.48. The Bertz CT molecular complexity index is 375. The molecule has 102 valence electrons. The summed E-state index contributed by atoms with van der Waals surface area (Å²) < 4.78 is 5.36. The molecular formula is C15H25NO2. The van der Waals surface area contributed by atoms with Gasteiger partial charge in [0.25, 0.3) is 0 Å². The van der Waals surface area contributed by atoms with Crippen molar-refractivity contribution >= 4 is 5.69 Å². The first kappa shape index (κ1) is 14.8. The van der Waals surface area contributed by atoms with Crippen LogP contribution in [0, 0.1) is 5.92 Å². The third kappa shape index (κ3) is 3.39. The molecule has 0 saturated carbocycles. The lowest BCUT2D eigenvalue weighted by Gasteiger charge is -2.29. The van der Waals surface area contributed by atoms with Crippen LogP contribution in [0.25, 0.3) is 0 Å². The first-order chi connectivity index (χ1) is 8.51. The molecule has 0 saturated heterocycles. The normalized spacial score (nSPS) is 12.6. The molecule has 1 atom stereocenters. The van der Waals surface area contributed by atoms with Crippen molar-refractivity contribution in [1.29, 1.82) is 0 Å². The van der Waals surface area contributed by atoms with Crippen molar-refractivity contribution in [3.8, 4) is 5.75 Å². The number of hydrogen-bond donors (Lipinski definition) is 1. The minimum atomic E-state index is -0.530. The van der Waals surface area contributed by atoms with Gasteiger partial charge in [-0.15, -0.1) is 0 Å². The SMILES string of the molecule is CCN(CC(C)C)c1cccc(OC)c1[C@H](C)O. The summed E-state index contributed by atoms with van der Waals surface area (Å²) in [7, 11) is 1.64. The molecule has 1 aromatic rings. The molecule has 0 unspecified atom stereocenters. The molecule has 0 aromatic heterocycles. The first-order valence-corrected chi connectivity index (χ1v) is 6.61. The van der Waals surface area contributed by atoms with E-state index in [1.807, 2.05) is 12.1 Å². The second-order valence-electron chi connectivity index (χ2n) is 5.00. The van der Waals surface area contributed by atoms with Crippen LogP contribution in [0.5, 0.6) is 5.75 Å². The summed E-state index contributed by atoms with van der Waals surface area (Å²) in [6, 6.07) is 5.92. The molecule has 0 amide bonds. The van der Waals surface area contributed by atoms with Gasteiger partial charge in [0.1, 0.15) is 5.75 Å². The molecule has 3 heteroatoms. The molecule has 1 N–H and O–H groups in total. The Morgan fingerprint density at radius 1 is 1.28 bits per heavy atom. The highest BCUT2D eigenvalue weighted by molar-refractivity contribution is 5.60. The van der Waals surface area contributed by atoms with Crippen molar-refractivity contribution in [2.75, 3.05) is 25.1 Å². The van der Waals surface area contributed by atoms with Crippen LogP contribution in [0.2, 0.25) is 0 Å². The van der Waals surface area contributed by atoms with E-state index >= 15 is 0 Å². The van der Waals surface area contributed by atoms with E-state index in [-0.39, 0.29) is 0 Å². The van der Waals surface area contributed by atoms with Crippen LogP contribution in [0.1, 0.15) is 39.4 Å². The van der Waals surface area contributed by atoms with E-state index in [0.717, 1.165) is 30.1 Å². The summed E-state index contributed by atoms with van der Waals surface area (Å²) >= 11 is 0. The number of benzene rings is 1. The third-order valence-electron chi connectivity index (χ3n) is 2.99. The molecule has 0 bridgehead atoms. The standard InChI is InChI=1S/C15H25NO2/c1-6-16(10-11(2)3)13-8-7-9-14(18-5)15(13)12(4)17/h7-9,11-12,17H,6,10H2,1-5H3/t12-/m0/s1. The van der Waals surface area contributed by atoms with Gasteiger partial charge < -0.3 is 14.7 Å². The van der Waals surface area contributed by atoms with Gasteiger partial charge in [0.15, 0.2) is 0 Å². The topological polar surface area (TPSA) is 32.7 Å². The molecule has 0 aliphatic heterocycles. The van der Waals surface area contributed by atoms with Gasteiger partial charge in [-0.1, -0.05) is 19.9 Å². The minimum Gasteiger partial charge on any atom is -0.496 e. The minimum absolute atomic E-state index is 0.530. The fourth-order valence-electron chi connectivity index (χ4n) is 2.24. The highest BCUT2D eigenvalue weighted by Crippen LogP contribution is 2.34. The lowest BCUT2D eigenvalue weighted by atomic mass is 10.0. The number of hydrogen-bond acceptors (Lipinski definition) is 3. The monoisotopic (exact) mass is 251 g/mol. The molecule has 0 aliphatic rings. The summed E-state index contributed by atoms with van der Waals surface area (Å²) in [5.74, 6) is 1.34. The first-order valence-electron chi connectivity index (χ1n) is 6.61. The number of ether oxygens (including phenoxy) is 1. The van der Waals surface area contributed by atoms with Crippen LogP contribution in [-0.2, 0) is 0 Å². The average molecular weight is 251 g/mol. The summed E-state index contributed by atoms with van der Waals surface area (Å²) in [6.45, 7) is 10.2. The maximum atomic E-state index is 9.99. The van der Waals surface area contributed by atoms with Gasteiger partial charge in [-0.2, -0.15) is 0 Å². The van der Waals surface area contributed by atoms with Crippen LogP contribution < -0.4 is 9.64 Å². The van der Waals surface area contributed by atoms with Crippen molar-refractivity contribution in [2.24, 2.45) is 5.92 Å². The van der Waals surface area contributed by atoms with E-state index in [1.54, 1.807) is 14.0 Å². The summed E-state index contributed by atoms with van der Waals surface area (Å²) in [5.41, 5.74) is 1.95. The zero-order valence-electron chi connectivity index (χ0n) is 12.1. The number of methoxy groups -OCH3 is 1. The number of rotatable bonds is 6. The third-order valence-corrected chi connectivity index (χ3v) is 2.99. The molecular weight excluding hydrogens is 226 g/mol. The number of aliphatic hydroxyl groups excluding tert-OH is 1. The van der Waals surface area contributed by atoms with Gasteiger partial charge in [-0.05, 0) is 31.9 Å². The fraction of sp³-hybridized carbons (Fsp3) is 0.600. The van der Waals surface area contributed by atoms with Gasteiger partial charge in [0, 0.05) is 24.3 Å². The van der Waals surface area contributed by atoms with Crippen molar-refractivity contribution in [2.45, 2.75) is 33.8 Å². The van der Waals surface area contributed by atoms with Crippen molar-refractivity contribution < 1.29 is 9.84 Å². The maximum Gasteiger partial charge on any atom is 0.126 e. The van der Waals surface area contributed by atoms with Crippen molar-refractivity contribution in [1.82, 2.24) is 0 Å². The smallest absolute Gasteiger partial charge is 0.126 e.